The zero-order chi connectivity index (χ0) is 22.1. The van der Waals surface area contributed by atoms with Gasteiger partial charge < -0.3 is 9.80 Å². The molecule has 3 aromatic carbocycles. The van der Waals surface area contributed by atoms with Crippen LogP contribution in [0, 0.1) is 5.92 Å². The zero-order valence-electron chi connectivity index (χ0n) is 18.0. The number of nitrogens with zero attached hydrogens (tertiary/aromatic N) is 3. The summed E-state index contributed by atoms with van der Waals surface area (Å²) in [6.07, 6.45) is 1.64. The summed E-state index contributed by atoms with van der Waals surface area (Å²) < 4.78 is 1.13. The van der Waals surface area contributed by atoms with Crippen LogP contribution < -0.4 is 0 Å². The first kappa shape index (κ1) is 20.6. The van der Waals surface area contributed by atoms with E-state index in [1.165, 1.54) is 0 Å². The number of carbonyl (C=O) groups is 2. The van der Waals surface area contributed by atoms with Gasteiger partial charge in [0, 0.05) is 25.7 Å². The van der Waals surface area contributed by atoms with Crippen LogP contribution in [0.4, 0.5) is 0 Å². The fraction of sp³-hybridized carbons (Fsp3) is 0.269. The second kappa shape index (κ2) is 8.71. The lowest BCUT2D eigenvalue weighted by Gasteiger charge is -2.34. The third kappa shape index (κ3) is 3.98. The van der Waals surface area contributed by atoms with Gasteiger partial charge in [-0.25, -0.2) is 4.98 Å². The van der Waals surface area contributed by atoms with Gasteiger partial charge >= 0.3 is 0 Å². The van der Waals surface area contributed by atoms with Gasteiger partial charge in [-0.1, -0.05) is 48.5 Å². The Labute approximate surface area is 191 Å². The Morgan fingerprint density at radius 2 is 1.84 bits per heavy atom. The molecule has 0 spiro atoms. The van der Waals surface area contributed by atoms with Crippen LogP contribution in [0.5, 0.6) is 0 Å². The van der Waals surface area contributed by atoms with Crippen LogP contribution >= 0.6 is 11.3 Å². The van der Waals surface area contributed by atoms with Crippen molar-refractivity contribution in [2.45, 2.75) is 19.4 Å². The number of para-hydroxylation sites is 1. The predicted molar refractivity (Wildman–Crippen MR) is 129 cm³/mol. The first-order chi connectivity index (χ1) is 15.6. The Kier molecular flexibility index (Phi) is 5.62. The summed E-state index contributed by atoms with van der Waals surface area (Å²) in [6, 6.07) is 21.8. The molecule has 2 heterocycles. The van der Waals surface area contributed by atoms with Gasteiger partial charge in [-0.15, -0.1) is 11.3 Å². The molecule has 0 radical (unpaired) electrons. The summed E-state index contributed by atoms with van der Waals surface area (Å²) in [5, 5.41) is 2.95. The number of thiazole rings is 1. The van der Waals surface area contributed by atoms with Crippen LogP contribution in [0.25, 0.3) is 21.0 Å². The van der Waals surface area contributed by atoms with Crippen LogP contribution in [0.1, 0.15) is 28.2 Å². The zero-order valence-corrected chi connectivity index (χ0v) is 18.8. The smallest absolute Gasteiger partial charge is 0.254 e. The largest absolute Gasteiger partial charge is 0.339 e. The van der Waals surface area contributed by atoms with Crippen molar-refractivity contribution in [3.8, 4) is 0 Å². The quantitative estimate of drug-likeness (QED) is 0.448. The summed E-state index contributed by atoms with van der Waals surface area (Å²) in [5.74, 6) is -0.0881. The van der Waals surface area contributed by atoms with E-state index in [0.717, 1.165) is 38.8 Å². The van der Waals surface area contributed by atoms with E-state index < -0.39 is 0 Å². The molecule has 0 N–H and O–H groups in total. The molecular weight excluding hydrogens is 418 g/mol. The van der Waals surface area contributed by atoms with Crippen molar-refractivity contribution in [3.63, 3.8) is 0 Å². The lowest BCUT2D eigenvalue weighted by Crippen LogP contribution is -2.45. The summed E-state index contributed by atoms with van der Waals surface area (Å²) in [6.45, 7) is 1.64. The molecule has 1 aliphatic rings. The van der Waals surface area contributed by atoms with Crippen molar-refractivity contribution in [1.82, 2.24) is 14.8 Å². The summed E-state index contributed by atoms with van der Waals surface area (Å²) in [4.78, 5) is 34.8. The average molecular weight is 444 g/mol. The minimum Gasteiger partial charge on any atom is -0.339 e. The molecule has 5 rings (SSSR count). The van der Waals surface area contributed by atoms with Crippen LogP contribution in [0.2, 0.25) is 0 Å². The molecule has 0 unspecified atom stereocenters. The van der Waals surface area contributed by atoms with Crippen molar-refractivity contribution in [2.75, 3.05) is 20.1 Å². The minimum atomic E-state index is -0.179. The number of amides is 2. The molecule has 0 saturated carbocycles. The topological polar surface area (TPSA) is 53.5 Å². The third-order valence-corrected chi connectivity index (χ3v) is 7.19. The highest BCUT2D eigenvalue weighted by atomic mass is 32.1. The van der Waals surface area contributed by atoms with Crippen molar-refractivity contribution in [3.05, 3.63) is 77.3 Å². The monoisotopic (exact) mass is 443 g/mol. The average Bonchev–Trinajstić information content (AvgIpc) is 3.25. The molecule has 1 saturated heterocycles. The van der Waals surface area contributed by atoms with Gasteiger partial charge in [-0.3, -0.25) is 9.59 Å². The molecule has 2 amide bonds. The molecule has 0 aliphatic carbocycles. The van der Waals surface area contributed by atoms with Crippen molar-refractivity contribution < 1.29 is 9.59 Å². The Morgan fingerprint density at radius 3 is 2.72 bits per heavy atom. The standard InChI is InChI=1S/C26H25N3O2S/c1-28(17-24-27-22-13-4-5-14-23(22)32-24)25(30)19-10-7-15-29(16-19)26(31)21-12-6-9-18-8-2-3-11-20(18)21/h2-6,8-9,11-14,19H,7,10,15-17H2,1H3/t19-/m1/s1. The first-order valence-corrected chi connectivity index (χ1v) is 11.8. The Morgan fingerprint density at radius 1 is 1.06 bits per heavy atom. The number of rotatable bonds is 4. The van der Waals surface area contributed by atoms with Crippen molar-refractivity contribution in [2.24, 2.45) is 5.92 Å². The predicted octanol–water partition coefficient (Wildman–Crippen LogP) is 4.96. The summed E-state index contributed by atoms with van der Waals surface area (Å²) >= 11 is 1.62. The van der Waals surface area contributed by atoms with Gasteiger partial charge in [0.1, 0.15) is 5.01 Å². The van der Waals surface area contributed by atoms with E-state index in [1.54, 1.807) is 16.2 Å². The number of hydrogen-bond acceptors (Lipinski definition) is 4. The third-order valence-electron chi connectivity index (χ3n) is 6.16. The molecule has 5 nitrogen and oxygen atoms in total. The lowest BCUT2D eigenvalue weighted by molar-refractivity contribution is -0.136. The van der Waals surface area contributed by atoms with Crippen LogP contribution in [-0.4, -0.2) is 46.7 Å². The highest BCUT2D eigenvalue weighted by Crippen LogP contribution is 2.26. The normalized spacial score (nSPS) is 16.4. The van der Waals surface area contributed by atoms with Gasteiger partial charge in [0.25, 0.3) is 5.91 Å². The molecule has 6 heteroatoms. The number of carbonyl (C=O) groups excluding carboxylic acids is 2. The number of fused-ring (bicyclic) bond motifs is 2. The number of benzene rings is 3. The number of piperidine rings is 1. The SMILES string of the molecule is CN(Cc1nc2ccccc2s1)C(=O)[C@@H]1CCCN(C(=O)c2cccc3ccccc23)C1. The van der Waals surface area contributed by atoms with Gasteiger partial charge in [0.15, 0.2) is 0 Å². The van der Waals surface area contributed by atoms with Crippen LogP contribution in [-0.2, 0) is 11.3 Å². The summed E-state index contributed by atoms with van der Waals surface area (Å²) in [7, 11) is 1.83. The molecular formula is C26H25N3O2S. The van der Waals surface area contributed by atoms with Crippen molar-refractivity contribution >= 4 is 44.1 Å². The van der Waals surface area contributed by atoms with Crippen molar-refractivity contribution in [1.29, 1.82) is 0 Å². The van der Waals surface area contributed by atoms with E-state index in [-0.39, 0.29) is 17.7 Å². The molecule has 0 bridgehead atoms. The lowest BCUT2D eigenvalue weighted by atomic mass is 9.95. The van der Waals surface area contributed by atoms with Gasteiger partial charge in [-0.2, -0.15) is 0 Å². The number of likely N-dealkylation sites (tertiary alicyclic amines) is 1. The summed E-state index contributed by atoms with van der Waals surface area (Å²) in [5.41, 5.74) is 1.68. The molecule has 1 atom stereocenters. The highest BCUT2D eigenvalue weighted by molar-refractivity contribution is 7.18. The van der Waals surface area contributed by atoms with E-state index in [1.807, 2.05) is 72.6 Å². The van der Waals surface area contributed by atoms with Gasteiger partial charge in [-0.05, 0) is 41.8 Å². The maximum absolute atomic E-state index is 13.3. The molecule has 4 aromatic rings. The van der Waals surface area contributed by atoms with E-state index in [9.17, 15) is 9.59 Å². The minimum absolute atomic E-state index is 0.00752. The Hall–Kier alpha value is -3.25. The van der Waals surface area contributed by atoms with Gasteiger partial charge in [0.2, 0.25) is 5.91 Å². The number of hydrogen-bond donors (Lipinski definition) is 0. The molecule has 1 fully saturated rings. The first-order valence-electron chi connectivity index (χ1n) is 11.0. The van der Waals surface area contributed by atoms with E-state index in [2.05, 4.69) is 11.1 Å². The molecule has 162 valence electrons. The number of aromatic nitrogens is 1. The maximum Gasteiger partial charge on any atom is 0.254 e. The Balaban J connectivity index is 1.29. The van der Waals surface area contributed by atoms with Gasteiger partial charge in [0.05, 0.1) is 22.7 Å². The van der Waals surface area contributed by atoms with E-state index >= 15 is 0 Å². The Bertz CT molecular complexity index is 1260. The molecule has 1 aliphatic heterocycles. The van der Waals surface area contributed by atoms with Crippen LogP contribution in [0.3, 0.4) is 0 Å². The fourth-order valence-corrected chi connectivity index (χ4v) is 5.55. The highest BCUT2D eigenvalue weighted by Gasteiger charge is 2.31. The second-order valence-electron chi connectivity index (χ2n) is 8.39. The maximum atomic E-state index is 13.3. The fourth-order valence-electron chi connectivity index (χ4n) is 4.53. The molecule has 1 aromatic heterocycles. The molecule has 32 heavy (non-hydrogen) atoms. The van der Waals surface area contributed by atoms with E-state index in [0.29, 0.717) is 25.2 Å². The van der Waals surface area contributed by atoms with Crippen LogP contribution in [0.15, 0.2) is 66.7 Å². The van der Waals surface area contributed by atoms with E-state index in [4.69, 9.17) is 0 Å². The second-order valence-corrected chi connectivity index (χ2v) is 9.50.